The third kappa shape index (κ3) is 4.22. The van der Waals surface area contributed by atoms with Crippen LogP contribution in [0.2, 0.25) is 0 Å². The van der Waals surface area contributed by atoms with E-state index in [1.165, 1.54) is 51.2 Å². The van der Waals surface area contributed by atoms with Crippen LogP contribution >= 0.6 is 22.7 Å². The normalized spacial score (nSPS) is 14.8. The zero-order valence-electron chi connectivity index (χ0n) is 17.0. The number of carbonyl (C=O) groups is 2. The Hall–Kier alpha value is -2.34. The van der Waals surface area contributed by atoms with Gasteiger partial charge in [0.2, 0.25) is 10.0 Å². The molecular formula is C20H21N3O5S3. The molecule has 0 radical (unpaired) electrons. The minimum Gasteiger partial charge on any atom is -0.462 e. The number of esters is 1. The Morgan fingerprint density at radius 3 is 2.45 bits per heavy atom. The van der Waals surface area contributed by atoms with Crippen LogP contribution < -0.4 is 5.32 Å². The Morgan fingerprint density at radius 2 is 1.84 bits per heavy atom. The lowest BCUT2D eigenvalue weighted by atomic mass is 10.2. The van der Waals surface area contributed by atoms with Gasteiger partial charge in [-0.25, -0.2) is 18.2 Å². The molecule has 8 nitrogen and oxygen atoms in total. The maximum Gasteiger partial charge on any atom is 0.348 e. The Bertz CT molecular complexity index is 1240. The molecule has 3 aromatic rings. The third-order valence-electron chi connectivity index (χ3n) is 4.98. The molecule has 0 unspecified atom stereocenters. The van der Waals surface area contributed by atoms with Gasteiger partial charge in [-0.15, -0.1) is 11.3 Å². The van der Waals surface area contributed by atoms with Crippen molar-refractivity contribution in [1.82, 2.24) is 9.29 Å². The number of aryl methyl sites for hydroxylation is 1. The minimum atomic E-state index is -3.52. The third-order valence-corrected chi connectivity index (χ3v) is 9.27. The highest BCUT2D eigenvalue weighted by atomic mass is 32.2. The Morgan fingerprint density at radius 1 is 1.16 bits per heavy atom. The Kier molecular flexibility index (Phi) is 6.11. The van der Waals surface area contributed by atoms with Gasteiger partial charge >= 0.3 is 5.97 Å². The van der Waals surface area contributed by atoms with Crippen LogP contribution in [0.15, 0.2) is 29.2 Å². The molecule has 0 saturated carbocycles. The van der Waals surface area contributed by atoms with Gasteiger partial charge in [0.05, 0.1) is 16.2 Å². The van der Waals surface area contributed by atoms with E-state index in [0.717, 1.165) is 23.1 Å². The van der Waals surface area contributed by atoms with Crippen molar-refractivity contribution in [3.8, 4) is 0 Å². The van der Waals surface area contributed by atoms with Gasteiger partial charge in [-0.05, 0) is 56.5 Å². The summed E-state index contributed by atoms with van der Waals surface area (Å²) < 4.78 is 32.6. The lowest BCUT2D eigenvalue weighted by Gasteiger charge is -2.15. The predicted octanol–water partition coefficient (Wildman–Crippen LogP) is 3.88. The summed E-state index contributed by atoms with van der Waals surface area (Å²) in [6.45, 7) is 4.95. The van der Waals surface area contributed by atoms with Crippen LogP contribution in [-0.4, -0.2) is 49.3 Å². The van der Waals surface area contributed by atoms with E-state index >= 15 is 0 Å². The molecule has 1 aliphatic heterocycles. The fourth-order valence-electron chi connectivity index (χ4n) is 3.36. The molecule has 0 aliphatic carbocycles. The number of amides is 1. The average Bonchev–Trinajstić information content (AvgIpc) is 3.47. The van der Waals surface area contributed by atoms with Crippen LogP contribution in [0.4, 0.5) is 5.13 Å². The summed E-state index contributed by atoms with van der Waals surface area (Å²) in [6.07, 6.45) is 1.73. The van der Waals surface area contributed by atoms with Crippen molar-refractivity contribution in [2.75, 3.05) is 25.0 Å². The number of hydrogen-bond acceptors (Lipinski definition) is 8. The van der Waals surface area contributed by atoms with Crippen molar-refractivity contribution in [2.24, 2.45) is 0 Å². The smallest absolute Gasteiger partial charge is 0.348 e. The van der Waals surface area contributed by atoms with E-state index in [9.17, 15) is 18.0 Å². The number of nitrogens with one attached hydrogen (secondary N) is 1. The average molecular weight is 480 g/mol. The quantitative estimate of drug-likeness (QED) is 0.538. The number of anilines is 1. The number of nitrogens with zero attached hydrogens (tertiary/aromatic N) is 2. The summed E-state index contributed by atoms with van der Waals surface area (Å²) in [7, 11) is -3.52. The van der Waals surface area contributed by atoms with Crippen molar-refractivity contribution in [3.05, 3.63) is 40.3 Å². The second-order valence-corrected chi connectivity index (χ2v) is 11.0. The van der Waals surface area contributed by atoms with Crippen molar-refractivity contribution < 1.29 is 22.7 Å². The summed E-state index contributed by atoms with van der Waals surface area (Å²) in [5.41, 5.74) is 1.12. The van der Waals surface area contributed by atoms with Gasteiger partial charge in [-0.2, -0.15) is 4.31 Å². The molecule has 1 N–H and O–H groups in total. The number of hydrogen-bond donors (Lipinski definition) is 1. The second kappa shape index (κ2) is 8.65. The van der Waals surface area contributed by atoms with Gasteiger partial charge in [0.15, 0.2) is 5.13 Å². The first-order valence-electron chi connectivity index (χ1n) is 9.80. The molecule has 1 saturated heterocycles. The van der Waals surface area contributed by atoms with Gasteiger partial charge in [0.25, 0.3) is 5.91 Å². The lowest BCUT2D eigenvalue weighted by Crippen LogP contribution is -2.27. The summed E-state index contributed by atoms with van der Waals surface area (Å²) in [4.78, 5) is 30.4. The molecule has 1 aliphatic rings. The van der Waals surface area contributed by atoms with Crippen LogP contribution in [0, 0.1) is 6.92 Å². The number of benzene rings is 1. The first kappa shape index (κ1) is 21.9. The molecule has 0 atom stereocenters. The highest BCUT2D eigenvalue weighted by Crippen LogP contribution is 2.37. The van der Waals surface area contributed by atoms with E-state index in [1.807, 2.05) is 6.92 Å². The Balaban J connectivity index is 1.49. The van der Waals surface area contributed by atoms with Gasteiger partial charge in [0.1, 0.15) is 9.71 Å². The van der Waals surface area contributed by atoms with Crippen LogP contribution in [0.25, 0.3) is 9.53 Å². The fourth-order valence-corrected chi connectivity index (χ4v) is 7.08. The summed E-state index contributed by atoms with van der Waals surface area (Å²) >= 11 is 2.52. The fraction of sp³-hybridized carbons (Fsp3) is 0.350. The zero-order valence-corrected chi connectivity index (χ0v) is 19.5. The van der Waals surface area contributed by atoms with Gasteiger partial charge in [-0.3, -0.25) is 10.1 Å². The highest BCUT2D eigenvalue weighted by molar-refractivity contribution is 7.89. The van der Waals surface area contributed by atoms with Gasteiger partial charge in [0, 0.05) is 18.7 Å². The first-order chi connectivity index (χ1) is 14.8. The van der Waals surface area contributed by atoms with Crippen LogP contribution in [0.3, 0.4) is 0 Å². The maximum absolute atomic E-state index is 12.6. The topological polar surface area (TPSA) is 106 Å². The second-order valence-electron chi connectivity index (χ2n) is 7.02. The number of thiazole rings is 1. The van der Waals surface area contributed by atoms with Crippen molar-refractivity contribution in [1.29, 1.82) is 0 Å². The molecule has 2 aromatic heterocycles. The molecular weight excluding hydrogens is 458 g/mol. The number of rotatable bonds is 6. The molecule has 11 heteroatoms. The van der Waals surface area contributed by atoms with Crippen molar-refractivity contribution in [3.63, 3.8) is 0 Å². The Labute approximate surface area is 187 Å². The maximum atomic E-state index is 12.6. The number of fused-ring (bicyclic) bond motifs is 1. The van der Waals surface area contributed by atoms with Crippen LogP contribution in [0.1, 0.15) is 45.4 Å². The highest BCUT2D eigenvalue weighted by Gasteiger charge is 2.27. The molecule has 4 rings (SSSR count). The zero-order chi connectivity index (χ0) is 22.2. The molecule has 0 spiro atoms. The number of thiophene rings is 1. The number of carbonyl (C=O) groups excluding carboxylic acids is 2. The van der Waals surface area contributed by atoms with Crippen LogP contribution in [0.5, 0.6) is 0 Å². The van der Waals surface area contributed by atoms with E-state index in [1.54, 1.807) is 6.92 Å². The number of sulfonamides is 1. The molecule has 3 heterocycles. The predicted molar refractivity (Wildman–Crippen MR) is 121 cm³/mol. The first-order valence-corrected chi connectivity index (χ1v) is 12.9. The molecule has 0 bridgehead atoms. The van der Waals surface area contributed by atoms with E-state index in [0.29, 0.717) is 40.1 Å². The lowest BCUT2D eigenvalue weighted by molar-refractivity contribution is 0.0531. The van der Waals surface area contributed by atoms with Crippen LogP contribution in [-0.2, 0) is 14.8 Å². The minimum absolute atomic E-state index is 0.183. The monoisotopic (exact) mass is 479 g/mol. The van der Waals surface area contributed by atoms with E-state index < -0.39 is 10.0 Å². The molecule has 164 valence electrons. The van der Waals surface area contributed by atoms with E-state index in [4.69, 9.17) is 4.74 Å². The SMILES string of the molecule is CCOC(=O)c1sc2nc(NC(=O)c3ccc(S(=O)(=O)N4CCCC4)cc3)sc2c1C. The molecule has 1 amide bonds. The molecule has 1 fully saturated rings. The number of aromatic nitrogens is 1. The van der Waals surface area contributed by atoms with E-state index in [-0.39, 0.29) is 16.8 Å². The standard InChI is InChI=1S/C20H21N3O5S3/c1-3-28-19(25)16-12(2)15-18(29-16)22-20(30-15)21-17(24)13-6-8-14(9-7-13)31(26,27)23-10-4-5-11-23/h6-9H,3-5,10-11H2,1-2H3,(H,21,22,24). The van der Waals surface area contributed by atoms with Crippen molar-refractivity contribution >= 4 is 59.2 Å². The van der Waals surface area contributed by atoms with E-state index in [2.05, 4.69) is 10.3 Å². The largest absolute Gasteiger partial charge is 0.462 e. The summed E-state index contributed by atoms with van der Waals surface area (Å²) in [5, 5.41) is 3.16. The molecule has 31 heavy (non-hydrogen) atoms. The number of ether oxygens (including phenoxy) is 1. The molecule has 1 aromatic carbocycles. The van der Waals surface area contributed by atoms with Gasteiger partial charge in [-0.1, -0.05) is 11.3 Å². The van der Waals surface area contributed by atoms with Crippen molar-refractivity contribution in [2.45, 2.75) is 31.6 Å². The summed E-state index contributed by atoms with van der Waals surface area (Å²) in [6, 6.07) is 5.91. The van der Waals surface area contributed by atoms with Gasteiger partial charge < -0.3 is 4.74 Å². The summed E-state index contributed by atoms with van der Waals surface area (Å²) in [5.74, 6) is -0.750.